The van der Waals surface area contributed by atoms with Crippen molar-refractivity contribution in [3.63, 3.8) is 0 Å². The second kappa shape index (κ2) is 6.45. The predicted molar refractivity (Wildman–Crippen MR) is 69.7 cm³/mol. The van der Waals surface area contributed by atoms with Crippen molar-refractivity contribution in [3.05, 3.63) is 16.4 Å². The molecule has 0 spiro atoms. The quantitative estimate of drug-likeness (QED) is 0.780. The summed E-state index contributed by atoms with van der Waals surface area (Å²) in [6.45, 7) is 1.76. The van der Waals surface area contributed by atoms with Crippen LogP contribution in [0.5, 0.6) is 0 Å². The third kappa shape index (κ3) is 2.99. The van der Waals surface area contributed by atoms with Crippen LogP contribution in [0, 0.1) is 0 Å². The van der Waals surface area contributed by atoms with E-state index in [0.717, 1.165) is 23.7 Å². The Hall–Kier alpha value is -0.720. The van der Waals surface area contributed by atoms with E-state index in [-0.39, 0.29) is 11.9 Å². The van der Waals surface area contributed by atoms with Crippen LogP contribution in [0.2, 0.25) is 0 Å². The molecular formula is C12H17BrN2O3. The van der Waals surface area contributed by atoms with Gasteiger partial charge in [0.1, 0.15) is 11.8 Å². The Morgan fingerprint density at radius 3 is 3.17 bits per heavy atom. The summed E-state index contributed by atoms with van der Waals surface area (Å²) in [4.78, 5) is 12.4. The van der Waals surface area contributed by atoms with Crippen LogP contribution < -0.4 is 0 Å². The lowest BCUT2D eigenvalue weighted by molar-refractivity contribution is 0.0177. The minimum Gasteiger partial charge on any atom is -0.383 e. The minimum absolute atomic E-state index is 0.00942. The van der Waals surface area contributed by atoms with Gasteiger partial charge in [-0.15, -0.1) is 0 Å². The molecule has 1 aliphatic heterocycles. The Kier molecular flexibility index (Phi) is 4.91. The first kappa shape index (κ1) is 13.7. The van der Waals surface area contributed by atoms with Crippen molar-refractivity contribution in [2.75, 3.05) is 20.3 Å². The Bertz CT molecular complexity index is 413. The van der Waals surface area contributed by atoms with Gasteiger partial charge < -0.3 is 9.47 Å². The number of carbonyl (C=O) groups excluding carboxylic acids is 1. The third-order valence-corrected chi connectivity index (χ3v) is 3.59. The van der Waals surface area contributed by atoms with Crippen LogP contribution in [-0.4, -0.2) is 42.0 Å². The smallest absolute Gasteiger partial charge is 0.210 e. The van der Waals surface area contributed by atoms with Gasteiger partial charge in [-0.25, -0.2) is 0 Å². The van der Waals surface area contributed by atoms with Gasteiger partial charge >= 0.3 is 0 Å². The van der Waals surface area contributed by atoms with E-state index in [0.29, 0.717) is 25.5 Å². The maximum atomic E-state index is 12.4. The summed E-state index contributed by atoms with van der Waals surface area (Å²) in [6, 6.07) is 0. The monoisotopic (exact) mass is 316 g/mol. The summed E-state index contributed by atoms with van der Waals surface area (Å²) in [6.07, 6.45) is 4.19. The zero-order valence-electron chi connectivity index (χ0n) is 10.4. The highest BCUT2D eigenvalue weighted by Crippen LogP contribution is 2.22. The number of ether oxygens (including phenoxy) is 2. The maximum absolute atomic E-state index is 12.4. The highest BCUT2D eigenvalue weighted by Gasteiger charge is 2.27. The van der Waals surface area contributed by atoms with E-state index in [9.17, 15) is 4.79 Å². The van der Waals surface area contributed by atoms with Gasteiger partial charge in [0.15, 0.2) is 0 Å². The molecule has 1 fully saturated rings. The number of hydrogen-bond donors (Lipinski definition) is 0. The van der Waals surface area contributed by atoms with Crippen LogP contribution in [0.4, 0.5) is 0 Å². The molecule has 2 rings (SSSR count). The fourth-order valence-corrected chi connectivity index (χ4v) is 2.55. The van der Waals surface area contributed by atoms with E-state index >= 15 is 0 Å². The molecule has 1 aromatic rings. The number of methoxy groups -OCH3 is 1. The lowest BCUT2D eigenvalue weighted by Gasteiger charge is -2.21. The number of hydrogen-bond acceptors (Lipinski definition) is 4. The molecule has 1 aliphatic rings. The van der Waals surface area contributed by atoms with E-state index < -0.39 is 0 Å². The number of halogens is 1. The Morgan fingerprint density at radius 1 is 1.67 bits per heavy atom. The molecule has 1 saturated heterocycles. The van der Waals surface area contributed by atoms with Gasteiger partial charge in [-0.3, -0.25) is 9.48 Å². The SMILES string of the molecule is COCCn1ncc(Br)c1C(=O)C1CCCCO1. The first-order valence-electron chi connectivity index (χ1n) is 6.10. The van der Waals surface area contributed by atoms with Crippen molar-refractivity contribution in [1.29, 1.82) is 0 Å². The molecule has 0 N–H and O–H groups in total. The largest absolute Gasteiger partial charge is 0.383 e. The molecule has 5 nitrogen and oxygen atoms in total. The van der Waals surface area contributed by atoms with Gasteiger partial charge in [-0.05, 0) is 35.2 Å². The van der Waals surface area contributed by atoms with Crippen LogP contribution in [0.25, 0.3) is 0 Å². The minimum atomic E-state index is -0.326. The molecule has 0 radical (unpaired) electrons. The summed E-state index contributed by atoms with van der Waals surface area (Å²) in [7, 11) is 1.63. The second-order valence-corrected chi connectivity index (χ2v) is 5.13. The van der Waals surface area contributed by atoms with Gasteiger partial charge in [-0.2, -0.15) is 5.10 Å². The topological polar surface area (TPSA) is 53.4 Å². The van der Waals surface area contributed by atoms with Gasteiger partial charge in [0, 0.05) is 13.7 Å². The maximum Gasteiger partial charge on any atom is 0.210 e. The highest BCUT2D eigenvalue weighted by atomic mass is 79.9. The molecule has 0 aliphatic carbocycles. The standard InChI is InChI=1S/C12H17BrN2O3/c1-17-7-5-15-11(9(13)8-14-15)12(16)10-4-2-3-6-18-10/h8,10H,2-7H2,1H3. The van der Waals surface area contributed by atoms with Crippen LogP contribution in [0.15, 0.2) is 10.7 Å². The normalized spacial score (nSPS) is 20.0. The molecule has 1 atom stereocenters. The average Bonchev–Trinajstić information content (AvgIpc) is 2.77. The first-order chi connectivity index (χ1) is 8.74. The van der Waals surface area contributed by atoms with E-state index in [4.69, 9.17) is 9.47 Å². The lowest BCUT2D eigenvalue weighted by atomic mass is 10.0. The van der Waals surface area contributed by atoms with Crippen LogP contribution in [-0.2, 0) is 16.0 Å². The molecule has 0 amide bonds. The Labute approximate surface area is 115 Å². The van der Waals surface area contributed by atoms with Gasteiger partial charge in [0.2, 0.25) is 5.78 Å². The van der Waals surface area contributed by atoms with Gasteiger partial charge in [0.25, 0.3) is 0 Å². The molecule has 100 valence electrons. The number of carbonyl (C=O) groups is 1. The van der Waals surface area contributed by atoms with Gasteiger partial charge in [0.05, 0.1) is 23.8 Å². The average molecular weight is 317 g/mol. The van der Waals surface area contributed by atoms with E-state index in [1.165, 1.54) is 0 Å². The number of ketones is 1. The second-order valence-electron chi connectivity index (χ2n) is 4.28. The number of nitrogens with zero attached hydrogens (tertiary/aromatic N) is 2. The van der Waals surface area contributed by atoms with E-state index in [2.05, 4.69) is 21.0 Å². The van der Waals surface area contributed by atoms with Crippen molar-refractivity contribution in [1.82, 2.24) is 9.78 Å². The lowest BCUT2D eigenvalue weighted by Crippen LogP contribution is -2.30. The first-order valence-corrected chi connectivity index (χ1v) is 6.89. The number of rotatable bonds is 5. The van der Waals surface area contributed by atoms with Crippen molar-refractivity contribution >= 4 is 21.7 Å². The van der Waals surface area contributed by atoms with Crippen molar-refractivity contribution in [2.45, 2.75) is 31.9 Å². The van der Waals surface area contributed by atoms with Crippen LogP contribution in [0.1, 0.15) is 29.8 Å². The molecule has 1 aromatic heterocycles. The fraction of sp³-hybridized carbons (Fsp3) is 0.667. The molecule has 0 saturated carbocycles. The van der Waals surface area contributed by atoms with E-state index in [1.807, 2.05) is 0 Å². The highest BCUT2D eigenvalue weighted by molar-refractivity contribution is 9.10. The Morgan fingerprint density at radius 2 is 2.50 bits per heavy atom. The molecule has 2 heterocycles. The predicted octanol–water partition coefficient (Wildman–Crippen LogP) is 2.04. The molecule has 18 heavy (non-hydrogen) atoms. The Balaban J connectivity index is 2.14. The third-order valence-electron chi connectivity index (χ3n) is 3.01. The summed E-state index contributed by atoms with van der Waals surface area (Å²) in [5.74, 6) is 0.00942. The molecule has 0 aromatic carbocycles. The fourth-order valence-electron chi connectivity index (χ4n) is 2.05. The van der Waals surface area contributed by atoms with Gasteiger partial charge in [-0.1, -0.05) is 0 Å². The van der Waals surface area contributed by atoms with Crippen molar-refractivity contribution in [3.8, 4) is 0 Å². The van der Waals surface area contributed by atoms with Crippen molar-refractivity contribution in [2.24, 2.45) is 0 Å². The zero-order chi connectivity index (χ0) is 13.0. The summed E-state index contributed by atoms with van der Waals surface area (Å²) >= 11 is 3.38. The summed E-state index contributed by atoms with van der Waals surface area (Å²) in [5.41, 5.74) is 0.582. The summed E-state index contributed by atoms with van der Waals surface area (Å²) in [5, 5.41) is 4.18. The van der Waals surface area contributed by atoms with Crippen LogP contribution >= 0.6 is 15.9 Å². The zero-order valence-corrected chi connectivity index (χ0v) is 12.0. The number of aromatic nitrogens is 2. The number of Topliss-reactive ketones (excluding diaryl/α,β-unsaturated/α-hetero) is 1. The molecule has 0 bridgehead atoms. The van der Waals surface area contributed by atoms with Crippen LogP contribution in [0.3, 0.4) is 0 Å². The van der Waals surface area contributed by atoms with Crippen molar-refractivity contribution < 1.29 is 14.3 Å². The molecular weight excluding hydrogens is 300 g/mol. The van der Waals surface area contributed by atoms with E-state index in [1.54, 1.807) is 18.0 Å². The molecule has 6 heteroatoms. The summed E-state index contributed by atoms with van der Waals surface area (Å²) < 4.78 is 12.9. The molecule has 1 unspecified atom stereocenters.